The number of rotatable bonds is 9. The standard InChI is InChI=1S/C27H28ClN3O2/c1-19-9-14-23(20(2)17-19)27(32)29-18-26-30-24-7-3-4-8-25(24)31(26)15-5-6-16-33-22-12-10-21(28)11-13-22/h3-4,7-14,17H,5-6,15-16,18H2,1-2H3,(H,29,32). The fourth-order valence-corrected chi connectivity index (χ4v) is 4.05. The topological polar surface area (TPSA) is 56.2 Å². The van der Waals surface area contributed by atoms with Gasteiger partial charge in [0.1, 0.15) is 11.6 Å². The van der Waals surface area contributed by atoms with Crippen molar-refractivity contribution < 1.29 is 9.53 Å². The molecular formula is C27H28ClN3O2. The number of ether oxygens (including phenoxy) is 1. The Morgan fingerprint density at radius 1 is 1.03 bits per heavy atom. The van der Waals surface area contributed by atoms with Crippen molar-refractivity contribution in [1.29, 1.82) is 0 Å². The van der Waals surface area contributed by atoms with Gasteiger partial charge in [-0.25, -0.2) is 4.98 Å². The summed E-state index contributed by atoms with van der Waals surface area (Å²) in [6.45, 7) is 5.80. The number of aromatic nitrogens is 2. The second-order valence-corrected chi connectivity index (χ2v) is 8.62. The van der Waals surface area contributed by atoms with E-state index in [0.29, 0.717) is 23.7 Å². The lowest BCUT2D eigenvalue weighted by molar-refractivity contribution is 0.0949. The van der Waals surface area contributed by atoms with Gasteiger partial charge in [-0.2, -0.15) is 0 Å². The largest absolute Gasteiger partial charge is 0.494 e. The highest BCUT2D eigenvalue weighted by atomic mass is 35.5. The molecule has 0 spiro atoms. The van der Waals surface area contributed by atoms with Crippen LogP contribution in [0.2, 0.25) is 5.02 Å². The number of fused-ring (bicyclic) bond motifs is 1. The van der Waals surface area contributed by atoms with Gasteiger partial charge < -0.3 is 14.6 Å². The molecule has 1 aromatic heterocycles. The fourth-order valence-electron chi connectivity index (χ4n) is 3.93. The number of carbonyl (C=O) groups excluding carboxylic acids is 1. The second kappa shape index (κ2) is 10.5. The Kier molecular flexibility index (Phi) is 7.30. The molecule has 0 radical (unpaired) electrons. The first kappa shape index (κ1) is 22.9. The van der Waals surface area contributed by atoms with E-state index in [1.54, 1.807) is 0 Å². The van der Waals surface area contributed by atoms with Gasteiger partial charge in [-0.3, -0.25) is 4.79 Å². The molecule has 3 aromatic carbocycles. The Morgan fingerprint density at radius 3 is 2.61 bits per heavy atom. The first-order valence-corrected chi connectivity index (χ1v) is 11.6. The summed E-state index contributed by atoms with van der Waals surface area (Å²) >= 11 is 5.92. The first-order valence-electron chi connectivity index (χ1n) is 11.2. The number of nitrogens with one attached hydrogen (secondary N) is 1. The molecule has 33 heavy (non-hydrogen) atoms. The molecular weight excluding hydrogens is 434 g/mol. The highest BCUT2D eigenvalue weighted by molar-refractivity contribution is 6.30. The van der Waals surface area contributed by atoms with Gasteiger partial charge >= 0.3 is 0 Å². The van der Waals surface area contributed by atoms with Gasteiger partial charge in [0.2, 0.25) is 0 Å². The lowest BCUT2D eigenvalue weighted by Crippen LogP contribution is -2.25. The highest BCUT2D eigenvalue weighted by Crippen LogP contribution is 2.19. The van der Waals surface area contributed by atoms with Crippen LogP contribution in [0, 0.1) is 13.8 Å². The van der Waals surface area contributed by atoms with E-state index >= 15 is 0 Å². The molecule has 0 unspecified atom stereocenters. The monoisotopic (exact) mass is 461 g/mol. The summed E-state index contributed by atoms with van der Waals surface area (Å²) in [6, 6.07) is 21.3. The van der Waals surface area contributed by atoms with Gasteiger partial charge in [-0.15, -0.1) is 0 Å². The smallest absolute Gasteiger partial charge is 0.251 e. The van der Waals surface area contributed by atoms with E-state index in [9.17, 15) is 4.79 Å². The number of amides is 1. The van der Waals surface area contributed by atoms with Crippen LogP contribution < -0.4 is 10.1 Å². The van der Waals surface area contributed by atoms with Gasteiger partial charge in [0.15, 0.2) is 0 Å². The van der Waals surface area contributed by atoms with Gasteiger partial charge in [0, 0.05) is 17.1 Å². The van der Waals surface area contributed by atoms with Crippen LogP contribution in [-0.2, 0) is 13.1 Å². The molecule has 0 aliphatic carbocycles. The van der Waals surface area contributed by atoms with E-state index in [4.69, 9.17) is 21.3 Å². The molecule has 0 atom stereocenters. The fraction of sp³-hybridized carbons (Fsp3) is 0.259. The number of unbranched alkanes of at least 4 members (excludes halogenated alkanes) is 1. The zero-order chi connectivity index (χ0) is 23.2. The van der Waals surface area contributed by atoms with E-state index in [0.717, 1.165) is 53.1 Å². The highest BCUT2D eigenvalue weighted by Gasteiger charge is 2.13. The summed E-state index contributed by atoms with van der Waals surface area (Å²) in [5.41, 5.74) is 4.83. The molecule has 0 fully saturated rings. The van der Waals surface area contributed by atoms with Crippen LogP contribution in [-0.4, -0.2) is 22.1 Å². The summed E-state index contributed by atoms with van der Waals surface area (Å²) in [6.07, 6.45) is 1.84. The number of hydrogen-bond acceptors (Lipinski definition) is 3. The van der Waals surface area contributed by atoms with E-state index in [-0.39, 0.29) is 5.91 Å². The molecule has 6 heteroatoms. The van der Waals surface area contributed by atoms with Crippen molar-refractivity contribution in [2.45, 2.75) is 39.8 Å². The van der Waals surface area contributed by atoms with Crippen molar-refractivity contribution in [2.75, 3.05) is 6.61 Å². The Bertz CT molecular complexity index is 1250. The maximum Gasteiger partial charge on any atom is 0.251 e. The first-order chi connectivity index (χ1) is 16.0. The van der Waals surface area contributed by atoms with Crippen LogP contribution in [0.25, 0.3) is 11.0 Å². The molecule has 1 N–H and O–H groups in total. The maximum atomic E-state index is 12.8. The van der Waals surface area contributed by atoms with Crippen molar-refractivity contribution >= 4 is 28.5 Å². The van der Waals surface area contributed by atoms with Crippen LogP contribution in [0.15, 0.2) is 66.7 Å². The van der Waals surface area contributed by atoms with Crippen LogP contribution in [0.4, 0.5) is 0 Å². The van der Waals surface area contributed by atoms with Crippen LogP contribution in [0.1, 0.15) is 40.2 Å². The summed E-state index contributed by atoms with van der Waals surface area (Å²) in [4.78, 5) is 17.5. The molecule has 0 aliphatic heterocycles. The lowest BCUT2D eigenvalue weighted by atomic mass is 10.1. The van der Waals surface area contributed by atoms with Gasteiger partial charge in [-0.05, 0) is 74.7 Å². The number of benzene rings is 3. The van der Waals surface area contributed by atoms with Crippen LogP contribution >= 0.6 is 11.6 Å². The average molecular weight is 462 g/mol. The molecule has 0 saturated carbocycles. The number of para-hydroxylation sites is 2. The minimum atomic E-state index is -0.0810. The minimum absolute atomic E-state index is 0.0810. The average Bonchev–Trinajstić information content (AvgIpc) is 3.16. The molecule has 5 nitrogen and oxygen atoms in total. The molecule has 4 rings (SSSR count). The van der Waals surface area contributed by atoms with Gasteiger partial charge in [0.05, 0.1) is 24.2 Å². The number of halogens is 1. The third-order valence-electron chi connectivity index (χ3n) is 5.63. The van der Waals surface area contributed by atoms with Crippen molar-refractivity contribution in [3.8, 4) is 5.75 Å². The van der Waals surface area contributed by atoms with Crippen molar-refractivity contribution in [2.24, 2.45) is 0 Å². The van der Waals surface area contributed by atoms with Crippen LogP contribution in [0.3, 0.4) is 0 Å². The Balaban J connectivity index is 1.38. The zero-order valence-corrected chi connectivity index (χ0v) is 19.7. The Morgan fingerprint density at radius 2 is 1.82 bits per heavy atom. The van der Waals surface area contributed by atoms with Gasteiger partial charge in [0.25, 0.3) is 5.91 Å². The van der Waals surface area contributed by atoms with Crippen molar-refractivity contribution in [3.63, 3.8) is 0 Å². The summed E-state index contributed by atoms with van der Waals surface area (Å²) < 4.78 is 8.00. The summed E-state index contributed by atoms with van der Waals surface area (Å²) in [5.74, 6) is 1.60. The van der Waals surface area contributed by atoms with E-state index in [2.05, 4.69) is 16.0 Å². The van der Waals surface area contributed by atoms with E-state index in [1.165, 1.54) is 0 Å². The van der Waals surface area contributed by atoms with E-state index < -0.39 is 0 Å². The maximum absolute atomic E-state index is 12.8. The Hall–Kier alpha value is -3.31. The summed E-state index contributed by atoms with van der Waals surface area (Å²) in [5, 5.41) is 3.75. The van der Waals surface area contributed by atoms with Crippen molar-refractivity contribution in [1.82, 2.24) is 14.9 Å². The number of hydrogen-bond donors (Lipinski definition) is 1. The van der Waals surface area contributed by atoms with Crippen molar-refractivity contribution in [3.05, 3.63) is 94.3 Å². The predicted octanol–water partition coefficient (Wildman–Crippen LogP) is 6.10. The number of carbonyl (C=O) groups is 1. The SMILES string of the molecule is Cc1ccc(C(=O)NCc2nc3ccccc3n2CCCCOc2ccc(Cl)cc2)c(C)c1. The third kappa shape index (κ3) is 5.74. The number of imidazole rings is 1. The van der Waals surface area contributed by atoms with Crippen LogP contribution in [0.5, 0.6) is 5.75 Å². The third-order valence-corrected chi connectivity index (χ3v) is 5.88. The Labute approximate surface area is 199 Å². The number of nitrogens with zero attached hydrogens (tertiary/aromatic N) is 2. The van der Waals surface area contributed by atoms with E-state index in [1.807, 2.05) is 74.5 Å². The molecule has 4 aromatic rings. The lowest BCUT2D eigenvalue weighted by Gasteiger charge is -2.12. The quantitative estimate of drug-likeness (QED) is 0.306. The van der Waals surface area contributed by atoms with Gasteiger partial charge in [-0.1, -0.05) is 41.4 Å². The molecule has 0 saturated heterocycles. The minimum Gasteiger partial charge on any atom is -0.494 e. The molecule has 1 amide bonds. The molecule has 0 bridgehead atoms. The predicted molar refractivity (Wildman–Crippen MR) is 133 cm³/mol. The summed E-state index contributed by atoms with van der Waals surface area (Å²) in [7, 11) is 0. The second-order valence-electron chi connectivity index (χ2n) is 8.18. The normalized spacial score (nSPS) is 11.0. The number of aryl methyl sites for hydroxylation is 3. The molecule has 1 heterocycles. The molecule has 170 valence electrons. The zero-order valence-electron chi connectivity index (χ0n) is 19.0. The molecule has 0 aliphatic rings.